The number of hydrogen-bond acceptors (Lipinski definition) is 2. The van der Waals surface area contributed by atoms with Crippen LogP contribution in [0.1, 0.15) is 18.6 Å². The molecule has 1 N–H and O–H groups in total. The van der Waals surface area contributed by atoms with Gasteiger partial charge in [0.15, 0.2) is 11.6 Å². The Kier molecular flexibility index (Phi) is 4.12. The molecule has 0 fully saturated rings. The third kappa shape index (κ3) is 2.49. The van der Waals surface area contributed by atoms with Gasteiger partial charge < -0.3 is 9.84 Å². The van der Waals surface area contributed by atoms with E-state index >= 15 is 0 Å². The van der Waals surface area contributed by atoms with Gasteiger partial charge in [-0.05, 0) is 19.1 Å². The molecule has 0 aromatic heterocycles. The molecule has 1 aromatic carbocycles. The number of hydrogen-bond donors (Lipinski definition) is 1. The average Bonchev–Trinajstić information content (AvgIpc) is 2.18. The maximum atomic E-state index is 13.7. The highest BCUT2D eigenvalue weighted by Crippen LogP contribution is 2.32. The molecule has 0 radical (unpaired) electrons. The Morgan fingerprint density at radius 3 is 2.73 bits per heavy atom. The fourth-order valence-corrected chi connectivity index (χ4v) is 1.51. The summed E-state index contributed by atoms with van der Waals surface area (Å²) in [4.78, 5) is 0. The van der Waals surface area contributed by atoms with E-state index in [9.17, 15) is 9.50 Å². The third-order valence-electron chi connectivity index (χ3n) is 1.98. The smallest absolute Gasteiger partial charge is 0.172 e. The summed E-state index contributed by atoms with van der Waals surface area (Å²) < 4.78 is 18.5. The van der Waals surface area contributed by atoms with Gasteiger partial charge in [-0.25, -0.2) is 4.39 Å². The highest BCUT2D eigenvalue weighted by atomic mass is 35.5. The number of aliphatic hydroxyl groups excluding tert-OH is 1. The molecule has 0 saturated heterocycles. The molecule has 1 unspecified atom stereocenters. The molecule has 82 valence electrons. The van der Waals surface area contributed by atoms with Crippen molar-refractivity contribution in [3.63, 3.8) is 0 Å². The van der Waals surface area contributed by atoms with Crippen molar-refractivity contribution in [3.05, 3.63) is 40.7 Å². The SMILES string of the molecule is C/C=C/C(O)c1c(Cl)ccc(OC)c1F. The van der Waals surface area contributed by atoms with E-state index in [-0.39, 0.29) is 16.3 Å². The summed E-state index contributed by atoms with van der Waals surface area (Å²) in [5.41, 5.74) is 0.0362. The molecule has 0 bridgehead atoms. The third-order valence-corrected chi connectivity index (χ3v) is 2.31. The van der Waals surface area contributed by atoms with Crippen LogP contribution in [0.2, 0.25) is 5.02 Å². The van der Waals surface area contributed by atoms with E-state index in [0.29, 0.717) is 0 Å². The van der Waals surface area contributed by atoms with E-state index in [2.05, 4.69) is 0 Å². The van der Waals surface area contributed by atoms with Gasteiger partial charge in [0.2, 0.25) is 0 Å². The van der Waals surface area contributed by atoms with E-state index in [1.165, 1.54) is 25.3 Å². The number of allylic oxidation sites excluding steroid dienone is 1. The first-order chi connectivity index (χ1) is 7.11. The van der Waals surface area contributed by atoms with Crippen LogP contribution in [0, 0.1) is 5.82 Å². The summed E-state index contributed by atoms with van der Waals surface area (Å²) in [6.45, 7) is 1.73. The zero-order valence-corrected chi connectivity index (χ0v) is 9.25. The Balaban J connectivity index is 3.26. The van der Waals surface area contributed by atoms with E-state index in [4.69, 9.17) is 16.3 Å². The van der Waals surface area contributed by atoms with Gasteiger partial charge in [0.1, 0.15) is 6.10 Å². The zero-order valence-electron chi connectivity index (χ0n) is 8.50. The van der Waals surface area contributed by atoms with Crippen molar-refractivity contribution in [2.45, 2.75) is 13.0 Å². The van der Waals surface area contributed by atoms with Crippen molar-refractivity contribution >= 4 is 11.6 Å². The molecule has 0 aliphatic carbocycles. The minimum Gasteiger partial charge on any atom is -0.494 e. The summed E-state index contributed by atoms with van der Waals surface area (Å²) in [6.07, 6.45) is 2.02. The lowest BCUT2D eigenvalue weighted by Crippen LogP contribution is -2.01. The second-order valence-corrected chi connectivity index (χ2v) is 3.36. The van der Waals surface area contributed by atoms with Crippen LogP contribution >= 0.6 is 11.6 Å². The standard InChI is InChI=1S/C11H12ClFO2/c1-3-4-8(14)10-7(12)5-6-9(15-2)11(10)13/h3-6,8,14H,1-2H3/b4-3+. The van der Waals surface area contributed by atoms with Crippen LogP contribution in [0.5, 0.6) is 5.75 Å². The zero-order chi connectivity index (χ0) is 11.4. The van der Waals surface area contributed by atoms with Crippen molar-refractivity contribution < 1.29 is 14.2 Å². The number of methoxy groups -OCH3 is 1. The molecule has 1 atom stereocenters. The molecule has 15 heavy (non-hydrogen) atoms. The first-order valence-corrected chi connectivity index (χ1v) is 4.82. The Bertz CT molecular complexity index is 377. The number of halogens is 2. The van der Waals surface area contributed by atoms with E-state index in [0.717, 1.165) is 0 Å². The van der Waals surface area contributed by atoms with Crippen LogP contribution in [0.4, 0.5) is 4.39 Å². The number of benzene rings is 1. The molecule has 0 saturated carbocycles. The molecule has 0 heterocycles. The van der Waals surface area contributed by atoms with Crippen LogP contribution in [0.3, 0.4) is 0 Å². The van der Waals surface area contributed by atoms with Crippen molar-refractivity contribution in [1.82, 2.24) is 0 Å². The minimum absolute atomic E-state index is 0.0362. The lowest BCUT2D eigenvalue weighted by Gasteiger charge is -2.12. The minimum atomic E-state index is -1.06. The van der Waals surface area contributed by atoms with Gasteiger partial charge >= 0.3 is 0 Å². The second kappa shape index (κ2) is 5.14. The molecule has 0 amide bonds. The van der Waals surface area contributed by atoms with Crippen molar-refractivity contribution in [1.29, 1.82) is 0 Å². The number of rotatable bonds is 3. The van der Waals surface area contributed by atoms with E-state index < -0.39 is 11.9 Å². The Labute approximate surface area is 92.9 Å². The summed E-state index contributed by atoms with van der Waals surface area (Å²) in [5.74, 6) is -0.562. The number of ether oxygens (including phenoxy) is 1. The molecule has 0 spiro atoms. The number of aliphatic hydroxyl groups is 1. The summed E-state index contributed by atoms with van der Waals surface area (Å²) in [7, 11) is 1.36. The summed E-state index contributed by atoms with van der Waals surface area (Å²) >= 11 is 5.80. The quantitative estimate of drug-likeness (QED) is 0.809. The largest absolute Gasteiger partial charge is 0.494 e. The summed E-state index contributed by atoms with van der Waals surface area (Å²) in [6, 6.07) is 2.91. The first kappa shape index (κ1) is 12.0. The van der Waals surface area contributed by atoms with Crippen LogP contribution in [-0.4, -0.2) is 12.2 Å². The van der Waals surface area contributed by atoms with Gasteiger partial charge in [-0.3, -0.25) is 0 Å². The molecule has 4 heteroatoms. The van der Waals surface area contributed by atoms with Crippen molar-refractivity contribution in [3.8, 4) is 5.75 Å². The predicted octanol–water partition coefficient (Wildman–Crippen LogP) is 3.10. The van der Waals surface area contributed by atoms with E-state index in [1.54, 1.807) is 13.0 Å². The molecular weight excluding hydrogens is 219 g/mol. The van der Waals surface area contributed by atoms with Gasteiger partial charge in [-0.15, -0.1) is 0 Å². The van der Waals surface area contributed by atoms with Gasteiger partial charge in [0.05, 0.1) is 7.11 Å². The van der Waals surface area contributed by atoms with Crippen molar-refractivity contribution in [2.75, 3.05) is 7.11 Å². The van der Waals surface area contributed by atoms with Gasteiger partial charge in [-0.2, -0.15) is 0 Å². The maximum absolute atomic E-state index is 13.7. The van der Waals surface area contributed by atoms with E-state index in [1.807, 2.05) is 0 Å². The predicted molar refractivity (Wildman–Crippen MR) is 57.7 cm³/mol. The molecular formula is C11H12ClFO2. The second-order valence-electron chi connectivity index (χ2n) is 2.95. The molecule has 1 rings (SSSR count). The lowest BCUT2D eigenvalue weighted by molar-refractivity contribution is 0.221. The Hall–Kier alpha value is -1.06. The van der Waals surface area contributed by atoms with Gasteiger partial charge in [0, 0.05) is 10.6 Å². The molecule has 1 aromatic rings. The van der Waals surface area contributed by atoms with Crippen LogP contribution in [0.25, 0.3) is 0 Å². The van der Waals surface area contributed by atoms with Crippen molar-refractivity contribution in [2.24, 2.45) is 0 Å². The topological polar surface area (TPSA) is 29.5 Å². The highest BCUT2D eigenvalue weighted by Gasteiger charge is 2.17. The normalized spacial score (nSPS) is 13.1. The highest BCUT2D eigenvalue weighted by molar-refractivity contribution is 6.31. The van der Waals surface area contributed by atoms with Gasteiger partial charge in [-0.1, -0.05) is 23.8 Å². The molecule has 0 aliphatic rings. The van der Waals surface area contributed by atoms with Crippen LogP contribution in [-0.2, 0) is 0 Å². The van der Waals surface area contributed by atoms with Crippen LogP contribution in [0.15, 0.2) is 24.3 Å². The monoisotopic (exact) mass is 230 g/mol. The fraction of sp³-hybridized carbons (Fsp3) is 0.273. The maximum Gasteiger partial charge on any atom is 0.172 e. The average molecular weight is 231 g/mol. The Morgan fingerprint density at radius 1 is 1.53 bits per heavy atom. The molecule has 0 aliphatic heterocycles. The fourth-order valence-electron chi connectivity index (χ4n) is 1.26. The first-order valence-electron chi connectivity index (χ1n) is 4.44. The van der Waals surface area contributed by atoms with Crippen LogP contribution < -0.4 is 4.74 Å². The Morgan fingerprint density at radius 2 is 2.20 bits per heavy atom. The summed E-state index contributed by atoms with van der Waals surface area (Å²) in [5, 5.41) is 9.81. The lowest BCUT2D eigenvalue weighted by atomic mass is 10.1. The van der Waals surface area contributed by atoms with Gasteiger partial charge in [0.25, 0.3) is 0 Å². The molecule has 2 nitrogen and oxygen atoms in total.